The second kappa shape index (κ2) is 65.0. The average Bonchev–Trinajstić information content (AvgIpc) is 0.781. The summed E-state index contributed by atoms with van der Waals surface area (Å²) in [5.74, 6) is -0.335. The fourth-order valence-electron chi connectivity index (χ4n) is 13.2. The SMILES string of the molecule is CC/C=C\C/C=C\C/C=C\C/C=C\C/C=C\C/C=C\C/C=C\C/C=C\C/C=C\CCCC(=O)NC(COC1OC(CO)C(OC2OC(CO)C(OC3OC(CO)C(O)C(O)C3O)C(O)C2O)C(O)C1O)C(O)/C=C/CCCCCCCCCCCCCCCCCCCCCCCCCCCCCCC. The van der Waals surface area contributed by atoms with Gasteiger partial charge in [0.15, 0.2) is 18.9 Å². The summed E-state index contributed by atoms with van der Waals surface area (Å²) in [6.07, 6.45) is 64.8. The first kappa shape index (κ1) is 95.4. The van der Waals surface area contributed by atoms with Crippen molar-refractivity contribution in [2.75, 3.05) is 26.4 Å². The summed E-state index contributed by atoms with van der Waals surface area (Å²) in [5, 5.41) is 121. The lowest BCUT2D eigenvalue weighted by Crippen LogP contribution is -2.66. The molecule has 3 fully saturated rings. The first-order valence-corrected chi connectivity index (χ1v) is 41.3. The number of amides is 1. The Morgan fingerprint density at radius 1 is 0.352 bits per heavy atom. The molecule has 0 aromatic carbocycles. The van der Waals surface area contributed by atoms with Gasteiger partial charge in [0.2, 0.25) is 5.91 Å². The summed E-state index contributed by atoms with van der Waals surface area (Å²) >= 11 is 0. The molecule has 0 saturated carbocycles. The van der Waals surface area contributed by atoms with Crippen molar-refractivity contribution >= 4 is 5.91 Å². The number of nitrogens with one attached hydrogen (secondary N) is 1. The van der Waals surface area contributed by atoms with Gasteiger partial charge in [-0.25, -0.2) is 0 Å². The minimum atomic E-state index is -1.99. The molecule has 3 heterocycles. The normalized spacial score (nSPS) is 26.4. The van der Waals surface area contributed by atoms with E-state index in [-0.39, 0.29) is 18.9 Å². The predicted octanol–water partition coefficient (Wildman–Crippen LogP) is 14.3. The summed E-state index contributed by atoms with van der Waals surface area (Å²) in [5.41, 5.74) is 0. The molecule has 3 rings (SSSR count). The van der Waals surface area contributed by atoms with E-state index in [1.807, 2.05) is 12.2 Å². The smallest absolute Gasteiger partial charge is 0.220 e. The minimum Gasteiger partial charge on any atom is -0.394 e. The van der Waals surface area contributed by atoms with Crippen molar-refractivity contribution in [3.63, 3.8) is 0 Å². The van der Waals surface area contributed by atoms with E-state index < -0.39 is 124 Å². The van der Waals surface area contributed by atoms with Gasteiger partial charge in [-0.2, -0.15) is 0 Å². The number of allylic oxidation sites excluding steroid dienone is 19. The standard InChI is InChI=1S/C86H147NO18/c1-3-5-7-9-11-13-15-17-19-21-23-25-27-29-31-33-34-36-37-39-41-43-45-47-49-51-53-55-57-59-61-63-70(91)69(87-74(92)64-62-60-58-56-54-52-50-48-46-44-42-40-38-35-32-30-28-26-24-22-20-18-16-14-12-10-8-6-4-2)68-100-84-80(98)77(95)82(72(66-89)102-84)105-86-81(99)78(96)83(73(67-90)103-86)104-85-79(97)76(94)75(93)71(65-88)101-85/h6,8,12,14,18,20,24,26,30,32,38,40,44,46,50,52,56,58,61,63,69-73,75-86,88-91,93-99H,3-5,7,9-11,13,15-17,19,21-23,25,27-29,31,33-37,39,41-43,45,47-49,51,53-55,57,59-60,62,64-68H2,1-2H3,(H,87,92)/b8-6-,14-12-,20-18-,26-24-,32-30-,40-38-,46-44-,52-50-,58-56-,63-61+. The zero-order valence-electron chi connectivity index (χ0n) is 64.7. The van der Waals surface area contributed by atoms with Crippen molar-refractivity contribution in [3.05, 3.63) is 122 Å². The van der Waals surface area contributed by atoms with Crippen LogP contribution in [0.2, 0.25) is 0 Å². The maximum atomic E-state index is 13.5. The molecule has 17 atom stereocenters. The number of hydrogen-bond donors (Lipinski definition) is 12. The third-order valence-electron chi connectivity index (χ3n) is 19.8. The van der Waals surface area contributed by atoms with Gasteiger partial charge in [-0.1, -0.05) is 315 Å². The van der Waals surface area contributed by atoms with Crippen LogP contribution in [0.5, 0.6) is 0 Å². The molecule has 0 radical (unpaired) electrons. The Morgan fingerprint density at radius 2 is 0.657 bits per heavy atom. The topological polar surface area (TPSA) is 307 Å². The molecule has 3 aliphatic rings. The predicted molar refractivity (Wildman–Crippen MR) is 420 cm³/mol. The van der Waals surface area contributed by atoms with Crippen LogP contribution in [0.3, 0.4) is 0 Å². The van der Waals surface area contributed by atoms with Crippen molar-refractivity contribution < 1.29 is 89.4 Å². The Labute approximate surface area is 633 Å². The van der Waals surface area contributed by atoms with Crippen molar-refractivity contribution in [1.29, 1.82) is 0 Å². The van der Waals surface area contributed by atoms with Crippen LogP contribution in [0.4, 0.5) is 0 Å². The van der Waals surface area contributed by atoms with Crippen LogP contribution in [-0.4, -0.2) is 193 Å². The van der Waals surface area contributed by atoms with E-state index in [1.165, 1.54) is 167 Å². The monoisotopic (exact) mass is 1480 g/mol. The van der Waals surface area contributed by atoms with Gasteiger partial charge in [-0.05, 0) is 83.5 Å². The summed E-state index contributed by atoms with van der Waals surface area (Å²) in [7, 11) is 0. The number of rotatable bonds is 64. The highest BCUT2D eigenvalue weighted by atomic mass is 16.8. The van der Waals surface area contributed by atoms with Gasteiger partial charge in [-0.3, -0.25) is 4.79 Å². The van der Waals surface area contributed by atoms with Gasteiger partial charge in [0.25, 0.3) is 0 Å². The van der Waals surface area contributed by atoms with Crippen LogP contribution in [0.15, 0.2) is 122 Å². The molecular weight excluding hydrogens is 1330 g/mol. The minimum absolute atomic E-state index is 0.156. The Hall–Kier alpha value is -3.81. The van der Waals surface area contributed by atoms with Crippen LogP contribution in [0, 0.1) is 0 Å². The van der Waals surface area contributed by atoms with E-state index in [1.54, 1.807) is 6.08 Å². The molecule has 0 aromatic rings. The summed E-state index contributed by atoms with van der Waals surface area (Å²) in [4.78, 5) is 13.5. The molecule has 0 aliphatic carbocycles. The number of ether oxygens (including phenoxy) is 6. The molecule has 604 valence electrons. The average molecular weight is 1480 g/mol. The van der Waals surface area contributed by atoms with Crippen LogP contribution in [0.1, 0.15) is 284 Å². The summed E-state index contributed by atoms with van der Waals surface area (Å²) in [6, 6.07) is -1.02. The van der Waals surface area contributed by atoms with Gasteiger partial charge in [0.05, 0.1) is 38.6 Å². The van der Waals surface area contributed by atoms with Crippen molar-refractivity contribution in [1.82, 2.24) is 5.32 Å². The largest absolute Gasteiger partial charge is 0.394 e. The number of aliphatic hydroxyl groups is 11. The molecule has 19 heteroatoms. The number of aliphatic hydroxyl groups excluding tert-OH is 11. The third-order valence-corrected chi connectivity index (χ3v) is 19.8. The Bertz CT molecular complexity index is 2370. The van der Waals surface area contributed by atoms with Gasteiger partial charge in [0.1, 0.15) is 73.2 Å². The molecule has 0 bridgehead atoms. The highest BCUT2D eigenvalue weighted by Gasteiger charge is 2.54. The number of carbonyl (C=O) groups excluding carboxylic acids is 1. The Morgan fingerprint density at radius 3 is 1.02 bits per heavy atom. The van der Waals surface area contributed by atoms with Crippen LogP contribution >= 0.6 is 0 Å². The maximum Gasteiger partial charge on any atom is 0.220 e. The number of carbonyl (C=O) groups is 1. The Kier molecular flexibility index (Phi) is 59.0. The lowest BCUT2D eigenvalue weighted by Gasteiger charge is -2.48. The fraction of sp³-hybridized carbons (Fsp3) is 0.756. The molecule has 0 spiro atoms. The highest BCUT2D eigenvalue weighted by molar-refractivity contribution is 5.76. The van der Waals surface area contributed by atoms with E-state index in [9.17, 15) is 61.0 Å². The second-order valence-corrected chi connectivity index (χ2v) is 28.9. The summed E-state index contributed by atoms with van der Waals surface area (Å²) < 4.78 is 34.4. The van der Waals surface area contributed by atoms with Crippen LogP contribution in [0.25, 0.3) is 0 Å². The number of hydrogen-bond acceptors (Lipinski definition) is 18. The van der Waals surface area contributed by atoms with Crippen molar-refractivity contribution in [2.45, 2.75) is 388 Å². The van der Waals surface area contributed by atoms with E-state index >= 15 is 0 Å². The molecule has 1 amide bonds. The Balaban J connectivity index is 1.40. The summed E-state index contributed by atoms with van der Waals surface area (Å²) in [6.45, 7) is 1.60. The molecule has 3 saturated heterocycles. The van der Waals surface area contributed by atoms with E-state index in [2.05, 4.69) is 122 Å². The van der Waals surface area contributed by atoms with Crippen LogP contribution in [-0.2, 0) is 33.2 Å². The van der Waals surface area contributed by atoms with E-state index in [0.29, 0.717) is 12.8 Å². The molecule has 19 nitrogen and oxygen atoms in total. The molecule has 0 aromatic heterocycles. The van der Waals surface area contributed by atoms with Crippen LogP contribution < -0.4 is 5.32 Å². The van der Waals surface area contributed by atoms with E-state index in [4.69, 9.17) is 28.4 Å². The van der Waals surface area contributed by atoms with Crippen molar-refractivity contribution in [2.24, 2.45) is 0 Å². The maximum absolute atomic E-state index is 13.5. The quantitative estimate of drug-likeness (QED) is 0.0199. The first-order chi connectivity index (χ1) is 51.3. The first-order valence-electron chi connectivity index (χ1n) is 41.3. The lowest BCUT2D eigenvalue weighted by atomic mass is 9.96. The zero-order valence-corrected chi connectivity index (χ0v) is 64.7. The molecule has 105 heavy (non-hydrogen) atoms. The molecular formula is C86H147NO18. The third kappa shape index (κ3) is 44.6. The molecule has 3 aliphatic heterocycles. The van der Waals surface area contributed by atoms with E-state index in [0.717, 1.165) is 83.5 Å². The second-order valence-electron chi connectivity index (χ2n) is 28.9. The zero-order chi connectivity index (χ0) is 76.0. The van der Waals surface area contributed by atoms with Gasteiger partial charge in [-0.15, -0.1) is 0 Å². The van der Waals surface area contributed by atoms with Gasteiger partial charge >= 0.3 is 0 Å². The lowest BCUT2D eigenvalue weighted by molar-refractivity contribution is -0.379. The fourth-order valence-corrected chi connectivity index (χ4v) is 13.2. The molecule has 12 N–H and O–H groups in total. The molecule has 17 unspecified atom stereocenters. The van der Waals surface area contributed by atoms with Gasteiger partial charge < -0.3 is 89.9 Å². The highest BCUT2D eigenvalue weighted by Crippen LogP contribution is 2.33. The van der Waals surface area contributed by atoms with Crippen molar-refractivity contribution in [3.8, 4) is 0 Å². The van der Waals surface area contributed by atoms with Gasteiger partial charge in [0, 0.05) is 6.42 Å². The number of unbranched alkanes of at least 4 members (excludes halogenated alkanes) is 30.